The summed E-state index contributed by atoms with van der Waals surface area (Å²) in [5, 5.41) is 13.2. The van der Waals surface area contributed by atoms with Crippen LogP contribution in [0.25, 0.3) is 0 Å². The fraction of sp³-hybridized carbons (Fsp3) is 0.500. The Morgan fingerprint density at radius 2 is 2.12 bits per heavy atom. The van der Waals surface area contributed by atoms with E-state index in [0.717, 1.165) is 18.5 Å². The summed E-state index contributed by atoms with van der Waals surface area (Å²) in [5.74, 6) is 1.10. The maximum absolute atomic E-state index is 9.83. The van der Waals surface area contributed by atoms with Crippen LogP contribution in [0.1, 0.15) is 24.4 Å². The summed E-state index contributed by atoms with van der Waals surface area (Å²) >= 11 is 0. The normalized spacial score (nSPS) is 19.8. The minimum absolute atomic E-state index is 0.130. The number of methoxy groups -OCH3 is 2. The van der Waals surface area contributed by atoms with Crippen molar-refractivity contribution in [3.63, 3.8) is 0 Å². The molecule has 1 aromatic rings. The summed E-state index contributed by atoms with van der Waals surface area (Å²) < 4.78 is 10.3. The number of hydrogen-bond acceptors (Lipinski definition) is 4. The van der Waals surface area contributed by atoms with Crippen LogP contribution in [0, 0.1) is 0 Å². The van der Waals surface area contributed by atoms with Gasteiger partial charge in [-0.15, -0.1) is 0 Å². The third-order valence-electron chi connectivity index (χ3n) is 2.94. The zero-order valence-electron chi connectivity index (χ0n) is 9.62. The van der Waals surface area contributed by atoms with Gasteiger partial charge in [0.05, 0.1) is 14.2 Å². The summed E-state index contributed by atoms with van der Waals surface area (Å²) in [5.41, 5.74) is 1.05. The molecule has 1 atom stereocenters. The van der Waals surface area contributed by atoms with Crippen molar-refractivity contribution >= 4 is 0 Å². The Hall–Kier alpha value is -1.42. The quantitative estimate of drug-likeness (QED) is 0.821. The molecule has 16 heavy (non-hydrogen) atoms. The van der Waals surface area contributed by atoms with E-state index >= 15 is 0 Å². The predicted octanol–water partition coefficient (Wildman–Crippen LogP) is 1.83. The molecule has 0 bridgehead atoms. The van der Waals surface area contributed by atoms with Crippen molar-refractivity contribution in [1.82, 2.24) is 5.32 Å². The van der Waals surface area contributed by atoms with Gasteiger partial charge in [-0.1, -0.05) is 0 Å². The van der Waals surface area contributed by atoms with Crippen molar-refractivity contribution in [1.29, 1.82) is 0 Å². The number of ether oxygens (including phenoxy) is 2. The Balaban J connectivity index is 2.36. The molecule has 2 N–H and O–H groups in total. The van der Waals surface area contributed by atoms with E-state index in [4.69, 9.17) is 9.47 Å². The standard InChI is InChI=1S/C12H17NO3/c1-15-11-7-8(9-4-3-5-13-9)6-10(14)12(11)16-2/h6-7,9,13-14H,3-5H2,1-2H3/t9-/m0/s1. The van der Waals surface area contributed by atoms with E-state index in [1.165, 1.54) is 13.5 Å². The molecule has 0 saturated carbocycles. The molecule has 88 valence electrons. The van der Waals surface area contributed by atoms with E-state index in [0.29, 0.717) is 17.5 Å². The molecule has 1 saturated heterocycles. The molecule has 0 radical (unpaired) electrons. The highest BCUT2D eigenvalue weighted by Crippen LogP contribution is 2.40. The Labute approximate surface area is 95.2 Å². The number of rotatable bonds is 3. The van der Waals surface area contributed by atoms with Crippen LogP contribution < -0.4 is 14.8 Å². The van der Waals surface area contributed by atoms with Gasteiger partial charge in [-0.2, -0.15) is 0 Å². The maximum atomic E-state index is 9.83. The lowest BCUT2D eigenvalue weighted by Gasteiger charge is -2.15. The monoisotopic (exact) mass is 223 g/mol. The number of phenols is 1. The predicted molar refractivity (Wildman–Crippen MR) is 61.2 cm³/mol. The van der Waals surface area contributed by atoms with E-state index in [1.807, 2.05) is 6.07 Å². The number of phenolic OH excluding ortho intramolecular Hbond substituents is 1. The summed E-state index contributed by atoms with van der Waals surface area (Å²) in [6.45, 7) is 1.03. The molecule has 0 aromatic heterocycles. The van der Waals surface area contributed by atoms with Crippen LogP contribution in [0.2, 0.25) is 0 Å². The van der Waals surface area contributed by atoms with Gasteiger partial charge in [-0.05, 0) is 37.1 Å². The van der Waals surface area contributed by atoms with Gasteiger partial charge in [0.25, 0.3) is 0 Å². The Morgan fingerprint density at radius 1 is 1.31 bits per heavy atom. The molecule has 4 nitrogen and oxygen atoms in total. The molecule has 0 unspecified atom stereocenters. The second-order valence-corrected chi connectivity index (χ2v) is 3.92. The highest BCUT2D eigenvalue weighted by Gasteiger charge is 2.20. The topological polar surface area (TPSA) is 50.7 Å². The van der Waals surface area contributed by atoms with Gasteiger partial charge < -0.3 is 19.9 Å². The second kappa shape index (κ2) is 4.61. The zero-order chi connectivity index (χ0) is 11.5. The van der Waals surface area contributed by atoms with Crippen LogP contribution in [-0.2, 0) is 0 Å². The highest BCUT2D eigenvalue weighted by molar-refractivity contribution is 5.53. The fourth-order valence-electron chi connectivity index (χ4n) is 2.14. The summed E-state index contributed by atoms with van der Waals surface area (Å²) in [7, 11) is 3.09. The SMILES string of the molecule is COc1cc([C@@H]2CCCN2)cc(O)c1OC. The van der Waals surface area contributed by atoms with E-state index < -0.39 is 0 Å². The van der Waals surface area contributed by atoms with E-state index in [-0.39, 0.29) is 5.75 Å². The van der Waals surface area contributed by atoms with E-state index in [9.17, 15) is 5.11 Å². The van der Waals surface area contributed by atoms with Gasteiger partial charge in [-0.3, -0.25) is 0 Å². The van der Waals surface area contributed by atoms with Gasteiger partial charge in [0.15, 0.2) is 11.5 Å². The third kappa shape index (κ3) is 1.93. The second-order valence-electron chi connectivity index (χ2n) is 3.92. The van der Waals surface area contributed by atoms with E-state index in [1.54, 1.807) is 13.2 Å². The first-order valence-corrected chi connectivity index (χ1v) is 5.44. The van der Waals surface area contributed by atoms with Crippen molar-refractivity contribution < 1.29 is 14.6 Å². The molecule has 1 fully saturated rings. The highest BCUT2D eigenvalue weighted by atomic mass is 16.5. The first kappa shape index (κ1) is 11.1. The lowest BCUT2D eigenvalue weighted by atomic mass is 10.0. The van der Waals surface area contributed by atoms with Crippen LogP contribution in [0.15, 0.2) is 12.1 Å². The molecular formula is C12H17NO3. The molecule has 1 aliphatic heterocycles. The minimum atomic E-state index is 0.130. The summed E-state index contributed by atoms with van der Waals surface area (Å²) in [6, 6.07) is 3.97. The first-order valence-electron chi connectivity index (χ1n) is 5.44. The molecule has 1 heterocycles. The van der Waals surface area contributed by atoms with Crippen LogP contribution in [0.3, 0.4) is 0 Å². The van der Waals surface area contributed by atoms with Crippen LogP contribution in [0.5, 0.6) is 17.2 Å². The van der Waals surface area contributed by atoms with Gasteiger partial charge >= 0.3 is 0 Å². The Morgan fingerprint density at radius 3 is 2.69 bits per heavy atom. The van der Waals surface area contributed by atoms with Gasteiger partial charge in [0, 0.05) is 6.04 Å². The van der Waals surface area contributed by atoms with Gasteiger partial charge in [-0.25, -0.2) is 0 Å². The van der Waals surface area contributed by atoms with Crippen molar-refractivity contribution in [2.75, 3.05) is 20.8 Å². The number of benzene rings is 1. The maximum Gasteiger partial charge on any atom is 0.203 e. The number of hydrogen-bond donors (Lipinski definition) is 2. The number of nitrogens with one attached hydrogen (secondary N) is 1. The van der Waals surface area contributed by atoms with Crippen molar-refractivity contribution in [2.24, 2.45) is 0 Å². The Kier molecular flexibility index (Phi) is 3.19. The van der Waals surface area contributed by atoms with Crippen LogP contribution in [-0.4, -0.2) is 25.9 Å². The molecular weight excluding hydrogens is 206 g/mol. The lowest BCUT2D eigenvalue weighted by Crippen LogP contribution is -2.12. The molecule has 0 amide bonds. The zero-order valence-corrected chi connectivity index (χ0v) is 9.62. The van der Waals surface area contributed by atoms with Crippen molar-refractivity contribution in [3.05, 3.63) is 17.7 Å². The molecule has 1 aliphatic rings. The van der Waals surface area contributed by atoms with Crippen LogP contribution >= 0.6 is 0 Å². The third-order valence-corrected chi connectivity index (χ3v) is 2.94. The summed E-state index contributed by atoms with van der Waals surface area (Å²) in [6.07, 6.45) is 2.26. The van der Waals surface area contributed by atoms with Crippen LogP contribution in [0.4, 0.5) is 0 Å². The smallest absolute Gasteiger partial charge is 0.203 e. The fourth-order valence-corrected chi connectivity index (χ4v) is 2.14. The largest absolute Gasteiger partial charge is 0.504 e. The van der Waals surface area contributed by atoms with Crippen molar-refractivity contribution in [3.8, 4) is 17.2 Å². The molecule has 1 aromatic carbocycles. The van der Waals surface area contributed by atoms with Gasteiger partial charge in [0.2, 0.25) is 5.75 Å². The average Bonchev–Trinajstić information content (AvgIpc) is 2.81. The molecule has 4 heteroatoms. The molecule has 2 rings (SSSR count). The summed E-state index contributed by atoms with van der Waals surface area (Å²) in [4.78, 5) is 0. The van der Waals surface area contributed by atoms with Gasteiger partial charge in [0.1, 0.15) is 0 Å². The van der Waals surface area contributed by atoms with E-state index in [2.05, 4.69) is 5.32 Å². The Bertz CT molecular complexity index is 373. The number of aromatic hydroxyl groups is 1. The minimum Gasteiger partial charge on any atom is -0.504 e. The lowest BCUT2D eigenvalue weighted by molar-refractivity contribution is 0.332. The average molecular weight is 223 g/mol. The molecule has 0 aliphatic carbocycles. The first-order chi connectivity index (χ1) is 7.76. The van der Waals surface area contributed by atoms with Crippen molar-refractivity contribution in [2.45, 2.75) is 18.9 Å². The molecule has 0 spiro atoms.